The number of esters is 1. The summed E-state index contributed by atoms with van der Waals surface area (Å²) in [6.07, 6.45) is 0. The molecule has 25 heavy (non-hydrogen) atoms. The molecule has 1 heterocycles. The molecular formula is C15H17Cl2N3O5. The van der Waals surface area contributed by atoms with Gasteiger partial charge in [0.25, 0.3) is 5.69 Å². The third-order valence-electron chi connectivity index (χ3n) is 3.55. The van der Waals surface area contributed by atoms with E-state index in [2.05, 4.69) is 0 Å². The minimum Gasteiger partial charge on any atom is -0.456 e. The van der Waals surface area contributed by atoms with E-state index in [1.54, 1.807) is 6.92 Å². The Kier molecular flexibility index (Phi) is 7.35. The number of β-lactam (4-membered cyclic amide) rings is 1. The van der Waals surface area contributed by atoms with Gasteiger partial charge in [0.05, 0.1) is 11.5 Å². The molecule has 8 nitrogen and oxygen atoms in total. The lowest BCUT2D eigenvalue weighted by Gasteiger charge is -2.37. The largest absolute Gasteiger partial charge is 0.456 e. The van der Waals surface area contributed by atoms with Crippen LogP contribution in [0.2, 0.25) is 0 Å². The van der Waals surface area contributed by atoms with Gasteiger partial charge in [-0.05, 0) is 30.2 Å². The van der Waals surface area contributed by atoms with Crippen LogP contribution in [0, 0.1) is 10.1 Å². The smallest absolute Gasteiger partial charge is 0.355 e. The molecule has 0 aromatic heterocycles. The number of benzene rings is 1. The van der Waals surface area contributed by atoms with Crippen molar-refractivity contribution >= 4 is 41.6 Å². The van der Waals surface area contributed by atoms with Gasteiger partial charge in [-0.25, -0.2) is 4.79 Å². The summed E-state index contributed by atoms with van der Waals surface area (Å²) in [5.74, 6) is -0.977. The van der Waals surface area contributed by atoms with Gasteiger partial charge in [-0.3, -0.25) is 14.9 Å². The highest BCUT2D eigenvalue weighted by molar-refractivity contribution is 6.20. The lowest BCUT2D eigenvalue weighted by atomic mass is 10.1. The number of amides is 1. The molecule has 10 heteroatoms. The number of nitrogens with zero attached hydrogens (tertiary/aromatic N) is 2. The monoisotopic (exact) mass is 389 g/mol. The van der Waals surface area contributed by atoms with Gasteiger partial charge in [0.2, 0.25) is 5.91 Å². The fourth-order valence-corrected chi connectivity index (χ4v) is 2.29. The maximum Gasteiger partial charge on any atom is 0.355 e. The summed E-state index contributed by atoms with van der Waals surface area (Å²) in [4.78, 5) is 35.4. The molecule has 1 atom stereocenters. The van der Waals surface area contributed by atoms with Gasteiger partial charge in [-0.15, -0.1) is 24.0 Å². The number of allylic oxidation sites excluding steroid dienone is 1. The van der Waals surface area contributed by atoms with Crippen molar-refractivity contribution in [1.82, 2.24) is 4.90 Å². The number of rotatable bonds is 6. The predicted molar refractivity (Wildman–Crippen MR) is 93.2 cm³/mol. The summed E-state index contributed by atoms with van der Waals surface area (Å²) in [6, 6.07) is 5.01. The van der Waals surface area contributed by atoms with Crippen molar-refractivity contribution in [3.8, 4) is 0 Å². The highest BCUT2D eigenvalue weighted by Gasteiger charge is 2.39. The van der Waals surface area contributed by atoms with Crippen LogP contribution in [0.4, 0.5) is 5.69 Å². The average Bonchev–Trinajstić information content (AvgIpc) is 2.59. The zero-order valence-electron chi connectivity index (χ0n) is 13.3. The van der Waals surface area contributed by atoms with Crippen LogP contribution in [0.15, 0.2) is 35.5 Å². The van der Waals surface area contributed by atoms with Crippen LogP contribution in [-0.2, 0) is 20.9 Å². The Morgan fingerprint density at radius 3 is 2.48 bits per heavy atom. The van der Waals surface area contributed by atoms with Crippen molar-refractivity contribution in [2.45, 2.75) is 19.6 Å². The van der Waals surface area contributed by atoms with Gasteiger partial charge in [0.1, 0.15) is 18.3 Å². The normalized spacial score (nSPS) is 17.2. The van der Waals surface area contributed by atoms with E-state index in [0.29, 0.717) is 11.1 Å². The van der Waals surface area contributed by atoms with E-state index in [1.807, 2.05) is 0 Å². The topological polar surface area (TPSA) is 116 Å². The maximum atomic E-state index is 12.3. The van der Waals surface area contributed by atoms with E-state index in [4.69, 9.17) is 22.1 Å². The molecule has 0 bridgehead atoms. The standard InChI is InChI=1S/C15H16ClN3O5.ClH/c1-9(6-16)13(18-7-12(17)14(18)20)15(21)24-8-10-2-4-11(5-3-10)19(22)23;/h2-5,12H,6-8,17H2,1H3;1H. The second kappa shape index (κ2) is 8.80. The zero-order valence-corrected chi connectivity index (χ0v) is 14.9. The van der Waals surface area contributed by atoms with Crippen molar-refractivity contribution in [3.63, 3.8) is 0 Å². The van der Waals surface area contributed by atoms with Gasteiger partial charge in [-0.2, -0.15) is 0 Å². The fourth-order valence-electron chi connectivity index (χ4n) is 2.16. The second-order valence-electron chi connectivity index (χ2n) is 5.32. The molecular weight excluding hydrogens is 373 g/mol. The Morgan fingerprint density at radius 2 is 2.04 bits per heavy atom. The van der Waals surface area contributed by atoms with Gasteiger partial charge in [0, 0.05) is 18.0 Å². The minimum atomic E-state index is -0.688. The molecule has 0 spiro atoms. The first-order chi connectivity index (χ1) is 11.3. The first kappa shape index (κ1) is 20.9. The molecule has 1 fully saturated rings. The predicted octanol–water partition coefficient (Wildman–Crippen LogP) is 1.74. The van der Waals surface area contributed by atoms with Crippen LogP contribution < -0.4 is 5.73 Å². The Hall–Kier alpha value is -2.16. The number of carbonyl (C=O) groups is 2. The van der Waals surface area contributed by atoms with E-state index in [9.17, 15) is 19.7 Å². The molecule has 1 aromatic rings. The van der Waals surface area contributed by atoms with Crippen LogP contribution in [0.1, 0.15) is 12.5 Å². The number of hydrogen-bond acceptors (Lipinski definition) is 6. The zero-order chi connectivity index (χ0) is 17.9. The lowest BCUT2D eigenvalue weighted by molar-refractivity contribution is -0.384. The molecule has 0 saturated carbocycles. The molecule has 1 saturated heterocycles. The summed E-state index contributed by atoms with van der Waals surface area (Å²) in [5.41, 5.74) is 6.68. The highest BCUT2D eigenvalue weighted by Crippen LogP contribution is 2.22. The van der Waals surface area contributed by atoms with Gasteiger partial charge in [-0.1, -0.05) is 0 Å². The van der Waals surface area contributed by atoms with Crippen molar-refractivity contribution in [2.24, 2.45) is 5.73 Å². The Morgan fingerprint density at radius 1 is 1.44 bits per heavy atom. The van der Waals surface area contributed by atoms with Crippen LogP contribution in [0.5, 0.6) is 0 Å². The van der Waals surface area contributed by atoms with Crippen molar-refractivity contribution in [3.05, 3.63) is 51.2 Å². The number of nitro groups is 1. The van der Waals surface area contributed by atoms with Crippen molar-refractivity contribution in [2.75, 3.05) is 12.4 Å². The van der Waals surface area contributed by atoms with E-state index in [1.165, 1.54) is 29.2 Å². The summed E-state index contributed by atoms with van der Waals surface area (Å²) in [5, 5.41) is 10.6. The number of alkyl halides is 1. The molecule has 1 aromatic carbocycles. The van der Waals surface area contributed by atoms with Crippen LogP contribution in [0.25, 0.3) is 0 Å². The lowest BCUT2D eigenvalue weighted by Crippen LogP contribution is -2.61. The molecule has 2 N–H and O–H groups in total. The molecule has 0 radical (unpaired) electrons. The highest BCUT2D eigenvalue weighted by atomic mass is 35.5. The van der Waals surface area contributed by atoms with E-state index in [-0.39, 0.29) is 48.7 Å². The van der Waals surface area contributed by atoms with E-state index >= 15 is 0 Å². The van der Waals surface area contributed by atoms with Crippen molar-refractivity contribution in [1.29, 1.82) is 0 Å². The number of hydrogen-bond donors (Lipinski definition) is 1. The van der Waals surface area contributed by atoms with Crippen LogP contribution in [-0.4, -0.2) is 40.2 Å². The average molecular weight is 390 g/mol. The number of nitro benzene ring substituents is 1. The van der Waals surface area contributed by atoms with Crippen LogP contribution in [0.3, 0.4) is 0 Å². The third-order valence-corrected chi connectivity index (χ3v) is 3.95. The number of likely N-dealkylation sites (tertiary alicyclic amines) is 1. The van der Waals surface area contributed by atoms with Gasteiger partial charge in [0.15, 0.2) is 0 Å². The Bertz CT molecular complexity index is 706. The quantitative estimate of drug-likeness (QED) is 0.198. The molecule has 136 valence electrons. The van der Waals surface area contributed by atoms with Gasteiger partial charge < -0.3 is 15.4 Å². The number of ether oxygens (including phenoxy) is 1. The van der Waals surface area contributed by atoms with E-state index in [0.717, 1.165) is 0 Å². The first-order valence-corrected chi connectivity index (χ1v) is 7.61. The van der Waals surface area contributed by atoms with Gasteiger partial charge >= 0.3 is 5.97 Å². The van der Waals surface area contributed by atoms with Crippen molar-refractivity contribution < 1.29 is 19.2 Å². The summed E-state index contributed by atoms with van der Waals surface area (Å²) in [7, 11) is 0. The minimum absolute atomic E-state index is 0. The van der Waals surface area contributed by atoms with Crippen LogP contribution >= 0.6 is 24.0 Å². The Balaban J connectivity index is 0.00000312. The van der Waals surface area contributed by atoms with E-state index < -0.39 is 16.9 Å². The SMILES string of the molecule is CC(CCl)=C(C(=O)OCc1ccc([N+](=O)[O-])cc1)N1CC(N)C1=O.Cl. The maximum absolute atomic E-state index is 12.3. The summed E-state index contributed by atoms with van der Waals surface area (Å²) < 4.78 is 5.19. The second-order valence-corrected chi connectivity index (χ2v) is 5.58. The third kappa shape index (κ3) is 4.68. The fraction of sp³-hybridized carbons (Fsp3) is 0.333. The summed E-state index contributed by atoms with van der Waals surface area (Å²) in [6.45, 7) is 1.78. The molecule has 2 rings (SSSR count). The number of carbonyl (C=O) groups excluding carboxylic acids is 2. The first-order valence-electron chi connectivity index (χ1n) is 7.08. The molecule has 1 unspecified atom stereocenters. The molecule has 1 aliphatic heterocycles. The number of nitrogens with two attached hydrogens (primary N) is 1. The molecule has 1 amide bonds. The molecule has 0 aliphatic carbocycles. The Labute approximate surface area is 155 Å². The molecule has 1 aliphatic rings. The summed E-state index contributed by atoms with van der Waals surface area (Å²) >= 11 is 5.77. The number of non-ortho nitro benzene ring substituents is 1. The number of halogens is 2.